The van der Waals surface area contributed by atoms with E-state index in [4.69, 9.17) is 24.8 Å². The van der Waals surface area contributed by atoms with Gasteiger partial charge in [-0.15, -0.1) is 0 Å². The molecule has 0 aliphatic rings. The van der Waals surface area contributed by atoms with Crippen molar-refractivity contribution in [2.24, 2.45) is 5.84 Å². The molecular formula is C12H20N2O4. The van der Waals surface area contributed by atoms with Crippen LogP contribution in [-0.2, 0) is 9.47 Å². The van der Waals surface area contributed by atoms with Gasteiger partial charge in [0.15, 0.2) is 6.29 Å². The standard InChI is InChI=1S/C12H20N2O4/c1-15-8-6-5-7-9(16-2)10(8)11(14-13)12(17-3)18-4/h5-7,11-12,14H,13H2,1-4H3. The molecule has 0 aliphatic carbocycles. The molecule has 18 heavy (non-hydrogen) atoms. The first-order valence-corrected chi connectivity index (χ1v) is 5.46. The molecule has 6 nitrogen and oxygen atoms in total. The lowest BCUT2D eigenvalue weighted by Gasteiger charge is -2.27. The van der Waals surface area contributed by atoms with Crippen molar-refractivity contribution in [1.82, 2.24) is 5.43 Å². The quantitative estimate of drug-likeness (QED) is 0.427. The Hall–Kier alpha value is -1.34. The fraction of sp³-hybridized carbons (Fsp3) is 0.500. The molecule has 0 amide bonds. The number of hydrogen-bond donors (Lipinski definition) is 2. The van der Waals surface area contributed by atoms with E-state index in [1.165, 1.54) is 0 Å². The van der Waals surface area contributed by atoms with Gasteiger partial charge in [0.1, 0.15) is 17.5 Å². The lowest BCUT2D eigenvalue weighted by atomic mass is 10.0. The van der Waals surface area contributed by atoms with Gasteiger partial charge < -0.3 is 18.9 Å². The Morgan fingerprint density at radius 3 is 1.83 bits per heavy atom. The van der Waals surface area contributed by atoms with E-state index in [-0.39, 0.29) is 0 Å². The number of methoxy groups -OCH3 is 4. The Balaban J connectivity index is 3.25. The molecule has 1 atom stereocenters. The molecule has 6 heteroatoms. The maximum atomic E-state index is 5.58. The van der Waals surface area contributed by atoms with E-state index in [1.54, 1.807) is 28.4 Å². The minimum absolute atomic E-state index is 0.411. The van der Waals surface area contributed by atoms with Crippen molar-refractivity contribution in [3.8, 4) is 11.5 Å². The maximum Gasteiger partial charge on any atom is 0.177 e. The van der Waals surface area contributed by atoms with Crippen molar-refractivity contribution in [1.29, 1.82) is 0 Å². The van der Waals surface area contributed by atoms with E-state index in [0.717, 1.165) is 5.56 Å². The van der Waals surface area contributed by atoms with Crippen molar-refractivity contribution in [3.63, 3.8) is 0 Å². The minimum atomic E-state index is -0.555. The number of ether oxygens (including phenoxy) is 4. The third kappa shape index (κ3) is 2.91. The molecule has 1 aromatic carbocycles. The van der Waals surface area contributed by atoms with Crippen molar-refractivity contribution in [2.75, 3.05) is 28.4 Å². The van der Waals surface area contributed by atoms with Crippen LogP contribution in [-0.4, -0.2) is 34.7 Å². The summed E-state index contributed by atoms with van der Waals surface area (Å²) < 4.78 is 21.1. The number of rotatable bonds is 7. The average Bonchev–Trinajstić information content (AvgIpc) is 2.43. The lowest BCUT2D eigenvalue weighted by molar-refractivity contribution is -0.124. The first-order chi connectivity index (χ1) is 8.73. The largest absolute Gasteiger partial charge is 0.496 e. The summed E-state index contributed by atoms with van der Waals surface area (Å²) in [4.78, 5) is 0. The highest BCUT2D eigenvalue weighted by atomic mass is 16.7. The number of hydrogen-bond acceptors (Lipinski definition) is 6. The van der Waals surface area contributed by atoms with E-state index in [0.29, 0.717) is 11.5 Å². The van der Waals surface area contributed by atoms with Crippen LogP contribution < -0.4 is 20.7 Å². The summed E-state index contributed by atoms with van der Waals surface area (Å²) in [5.74, 6) is 6.88. The summed E-state index contributed by atoms with van der Waals surface area (Å²) in [5, 5.41) is 0. The summed E-state index contributed by atoms with van der Waals surface area (Å²) in [5.41, 5.74) is 3.41. The SMILES string of the molecule is COc1cccc(OC)c1C(NN)C(OC)OC. The fourth-order valence-electron chi connectivity index (χ4n) is 1.85. The van der Waals surface area contributed by atoms with Gasteiger partial charge in [0.25, 0.3) is 0 Å². The maximum absolute atomic E-state index is 5.58. The van der Waals surface area contributed by atoms with Crippen LogP contribution in [0.25, 0.3) is 0 Å². The van der Waals surface area contributed by atoms with E-state index in [2.05, 4.69) is 5.43 Å². The number of benzene rings is 1. The van der Waals surface area contributed by atoms with Gasteiger partial charge in [-0.2, -0.15) is 0 Å². The van der Waals surface area contributed by atoms with Gasteiger partial charge in [-0.3, -0.25) is 5.84 Å². The highest BCUT2D eigenvalue weighted by Gasteiger charge is 2.28. The molecule has 0 radical (unpaired) electrons. The van der Waals surface area contributed by atoms with Gasteiger partial charge in [0.2, 0.25) is 0 Å². The highest BCUT2D eigenvalue weighted by Crippen LogP contribution is 2.35. The van der Waals surface area contributed by atoms with Crippen LogP contribution >= 0.6 is 0 Å². The molecule has 1 rings (SSSR count). The average molecular weight is 256 g/mol. The van der Waals surface area contributed by atoms with Gasteiger partial charge in [0, 0.05) is 14.2 Å². The van der Waals surface area contributed by atoms with E-state index >= 15 is 0 Å². The molecule has 0 aromatic heterocycles. The Morgan fingerprint density at radius 2 is 1.50 bits per heavy atom. The molecule has 102 valence electrons. The smallest absolute Gasteiger partial charge is 0.177 e. The Bertz CT molecular complexity index is 347. The van der Waals surface area contributed by atoms with Crippen LogP contribution in [0, 0.1) is 0 Å². The normalized spacial score (nSPS) is 12.6. The molecule has 3 N–H and O–H groups in total. The summed E-state index contributed by atoms with van der Waals surface area (Å²) in [6.07, 6.45) is -0.555. The Labute approximate surface area is 107 Å². The number of nitrogens with two attached hydrogens (primary N) is 1. The molecule has 0 saturated heterocycles. The first-order valence-electron chi connectivity index (χ1n) is 5.46. The van der Waals surface area contributed by atoms with E-state index < -0.39 is 12.3 Å². The molecule has 0 aliphatic heterocycles. The van der Waals surface area contributed by atoms with E-state index in [9.17, 15) is 0 Å². The Kier molecular flexibility index (Phi) is 5.87. The molecule has 0 heterocycles. The summed E-state index contributed by atoms with van der Waals surface area (Å²) in [7, 11) is 6.25. The third-order valence-corrected chi connectivity index (χ3v) is 2.69. The number of nitrogens with one attached hydrogen (secondary N) is 1. The van der Waals surface area contributed by atoms with Crippen LogP contribution in [0.1, 0.15) is 11.6 Å². The zero-order chi connectivity index (χ0) is 13.5. The zero-order valence-corrected chi connectivity index (χ0v) is 11.1. The third-order valence-electron chi connectivity index (χ3n) is 2.69. The van der Waals surface area contributed by atoms with Gasteiger partial charge >= 0.3 is 0 Å². The second kappa shape index (κ2) is 7.17. The zero-order valence-electron chi connectivity index (χ0n) is 11.1. The molecule has 1 aromatic rings. The van der Waals surface area contributed by atoms with Gasteiger partial charge in [0.05, 0.1) is 19.8 Å². The van der Waals surface area contributed by atoms with Crippen molar-refractivity contribution in [3.05, 3.63) is 23.8 Å². The topological polar surface area (TPSA) is 75.0 Å². The second-order valence-corrected chi connectivity index (χ2v) is 3.56. The van der Waals surface area contributed by atoms with Crippen LogP contribution in [0.2, 0.25) is 0 Å². The van der Waals surface area contributed by atoms with Gasteiger partial charge in [-0.1, -0.05) is 6.07 Å². The lowest BCUT2D eigenvalue weighted by Crippen LogP contribution is -2.39. The van der Waals surface area contributed by atoms with Crippen molar-refractivity contribution < 1.29 is 18.9 Å². The molecular weight excluding hydrogens is 236 g/mol. The van der Waals surface area contributed by atoms with Crippen molar-refractivity contribution >= 4 is 0 Å². The van der Waals surface area contributed by atoms with Crippen LogP contribution in [0.15, 0.2) is 18.2 Å². The molecule has 0 fully saturated rings. The van der Waals surface area contributed by atoms with Gasteiger partial charge in [-0.25, -0.2) is 5.43 Å². The first kappa shape index (κ1) is 14.7. The minimum Gasteiger partial charge on any atom is -0.496 e. The molecule has 0 bridgehead atoms. The predicted molar refractivity (Wildman–Crippen MR) is 67.4 cm³/mol. The van der Waals surface area contributed by atoms with E-state index in [1.807, 2.05) is 18.2 Å². The Morgan fingerprint density at radius 1 is 1.00 bits per heavy atom. The van der Waals surface area contributed by atoms with Crippen LogP contribution in [0.5, 0.6) is 11.5 Å². The van der Waals surface area contributed by atoms with Crippen molar-refractivity contribution in [2.45, 2.75) is 12.3 Å². The summed E-state index contributed by atoms with van der Waals surface area (Å²) in [6.45, 7) is 0. The second-order valence-electron chi connectivity index (χ2n) is 3.56. The monoisotopic (exact) mass is 256 g/mol. The fourth-order valence-corrected chi connectivity index (χ4v) is 1.85. The summed E-state index contributed by atoms with van der Waals surface area (Å²) >= 11 is 0. The summed E-state index contributed by atoms with van der Waals surface area (Å²) in [6, 6.07) is 5.07. The predicted octanol–water partition coefficient (Wildman–Crippen LogP) is 0.827. The highest BCUT2D eigenvalue weighted by molar-refractivity contribution is 5.47. The van der Waals surface area contributed by atoms with Crippen LogP contribution in [0.4, 0.5) is 0 Å². The molecule has 1 unspecified atom stereocenters. The molecule has 0 spiro atoms. The molecule has 0 saturated carbocycles. The number of hydrazine groups is 1. The van der Waals surface area contributed by atoms with Crippen LogP contribution in [0.3, 0.4) is 0 Å². The van der Waals surface area contributed by atoms with Gasteiger partial charge in [-0.05, 0) is 12.1 Å².